The van der Waals surface area contributed by atoms with Gasteiger partial charge in [-0.05, 0) is 57.6 Å². The first-order valence-corrected chi connectivity index (χ1v) is 8.14. The van der Waals surface area contributed by atoms with Gasteiger partial charge in [-0.1, -0.05) is 18.5 Å². The van der Waals surface area contributed by atoms with Gasteiger partial charge >= 0.3 is 0 Å². The number of halogens is 1. The number of hydrogen-bond acceptors (Lipinski definition) is 3. The minimum absolute atomic E-state index is 0.0809. The summed E-state index contributed by atoms with van der Waals surface area (Å²) in [6, 6.07) is 7.59. The zero-order chi connectivity index (χ0) is 15.4. The van der Waals surface area contributed by atoms with Crippen LogP contribution >= 0.6 is 11.6 Å². The molecule has 4 heteroatoms. The van der Waals surface area contributed by atoms with E-state index in [-0.39, 0.29) is 11.8 Å². The predicted molar refractivity (Wildman–Crippen MR) is 88.1 cm³/mol. The van der Waals surface area contributed by atoms with Crippen molar-refractivity contribution in [2.45, 2.75) is 38.8 Å². The van der Waals surface area contributed by atoms with Crippen LogP contribution in [0.1, 0.15) is 37.0 Å². The van der Waals surface area contributed by atoms with Crippen LogP contribution in [0.5, 0.6) is 0 Å². The van der Waals surface area contributed by atoms with Gasteiger partial charge in [-0.3, -0.25) is 9.69 Å². The Bertz CT molecular complexity index is 474. The summed E-state index contributed by atoms with van der Waals surface area (Å²) in [5.41, 5.74) is 0.749. The van der Waals surface area contributed by atoms with Crippen LogP contribution in [0, 0.1) is 0 Å². The molecule has 1 saturated heterocycles. The molecule has 1 aromatic carbocycles. The first-order chi connectivity index (χ1) is 10.0. The molecule has 1 fully saturated rings. The molecule has 116 valence electrons. The van der Waals surface area contributed by atoms with Gasteiger partial charge in [0.1, 0.15) is 0 Å². The number of hydrogen-bond donors (Lipinski definition) is 0. The van der Waals surface area contributed by atoms with Crippen LogP contribution < -0.4 is 0 Å². The third kappa shape index (κ3) is 4.06. The second kappa shape index (κ2) is 7.39. The molecule has 21 heavy (non-hydrogen) atoms. The van der Waals surface area contributed by atoms with Crippen molar-refractivity contribution in [1.82, 2.24) is 9.80 Å². The molecule has 0 saturated carbocycles. The highest BCUT2D eigenvalue weighted by Crippen LogP contribution is 2.19. The van der Waals surface area contributed by atoms with Crippen molar-refractivity contribution < 1.29 is 4.79 Å². The fourth-order valence-corrected chi connectivity index (χ4v) is 3.27. The largest absolute Gasteiger partial charge is 0.305 e. The molecule has 0 aromatic heterocycles. The maximum atomic E-state index is 12.7. The van der Waals surface area contributed by atoms with Crippen LogP contribution in [-0.4, -0.2) is 54.3 Å². The summed E-state index contributed by atoms with van der Waals surface area (Å²) in [6.07, 6.45) is 2.19. The number of carbonyl (C=O) groups is 1. The highest BCUT2D eigenvalue weighted by atomic mass is 35.5. The second-order valence-electron chi connectivity index (χ2n) is 5.96. The molecular formula is C17H25ClN2O. The molecule has 1 aromatic rings. The SMILES string of the molecule is CCC1CN(C)CCCN1C(C)C(=O)c1ccc(Cl)cc1. The monoisotopic (exact) mass is 308 g/mol. The number of nitrogens with zero attached hydrogens (tertiary/aromatic N) is 2. The summed E-state index contributed by atoms with van der Waals surface area (Å²) >= 11 is 5.90. The number of ketones is 1. The molecule has 2 unspecified atom stereocenters. The highest BCUT2D eigenvalue weighted by Gasteiger charge is 2.30. The summed E-state index contributed by atoms with van der Waals surface area (Å²) in [5, 5.41) is 0.669. The van der Waals surface area contributed by atoms with Crippen molar-refractivity contribution >= 4 is 17.4 Å². The molecule has 0 amide bonds. The van der Waals surface area contributed by atoms with Gasteiger partial charge in [-0.15, -0.1) is 0 Å². The summed E-state index contributed by atoms with van der Waals surface area (Å²) < 4.78 is 0. The van der Waals surface area contributed by atoms with Crippen molar-refractivity contribution in [2.75, 3.05) is 26.7 Å². The summed E-state index contributed by atoms with van der Waals surface area (Å²) in [6.45, 7) is 7.37. The van der Waals surface area contributed by atoms with Crippen molar-refractivity contribution in [3.05, 3.63) is 34.9 Å². The lowest BCUT2D eigenvalue weighted by Crippen LogP contribution is -2.48. The molecule has 0 N–H and O–H groups in total. The molecule has 1 aliphatic rings. The third-order valence-electron chi connectivity index (χ3n) is 4.42. The van der Waals surface area contributed by atoms with E-state index in [2.05, 4.69) is 23.8 Å². The lowest BCUT2D eigenvalue weighted by molar-refractivity contribution is 0.0754. The van der Waals surface area contributed by atoms with Crippen molar-refractivity contribution in [3.63, 3.8) is 0 Å². The van der Waals surface area contributed by atoms with Crippen LogP contribution in [0.4, 0.5) is 0 Å². The molecule has 1 aliphatic heterocycles. The Hall–Kier alpha value is -0.900. The molecular weight excluding hydrogens is 284 g/mol. The molecule has 1 heterocycles. The van der Waals surface area contributed by atoms with Gasteiger partial charge in [0.2, 0.25) is 0 Å². The average Bonchev–Trinajstić information content (AvgIpc) is 2.67. The van der Waals surface area contributed by atoms with Gasteiger partial charge in [0.25, 0.3) is 0 Å². The Labute approximate surface area is 132 Å². The van der Waals surface area contributed by atoms with E-state index in [9.17, 15) is 4.79 Å². The first kappa shape index (κ1) is 16.5. The molecule has 0 bridgehead atoms. The van der Waals surface area contributed by atoms with Gasteiger partial charge in [0.05, 0.1) is 6.04 Å². The fraction of sp³-hybridized carbons (Fsp3) is 0.588. The molecule has 3 nitrogen and oxygen atoms in total. The zero-order valence-electron chi connectivity index (χ0n) is 13.2. The highest BCUT2D eigenvalue weighted by molar-refractivity contribution is 6.30. The smallest absolute Gasteiger partial charge is 0.179 e. The predicted octanol–water partition coefficient (Wildman–Crippen LogP) is 3.33. The maximum Gasteiger partial charge on any atom is 0.179 e. The Morgan fingerprint density at radius 1 is 1.33 bits per heavy atom. The number of likely N-dealkylation sites (N-methyl/N-ethyl adjacent to an activating group) is 1. The van der Waals surface area contributed by atoms with Crippen LogP contribution in [0.3, 0.4) is 0 Å². The maximum absolute atomic E-state index is 12.7. The van der Waals surface area contributed by atoms with E-state index in [1.165, 1.54) is 0 Å². The Balaban J connectivity index is 2.14. The molecule has 2 rings (SSSR count). The quantitative estimate of drug-likeness (QED) is 0.797. The molecule has 0 radical (unpaired) electrons. The van der Waals surface area contributed by atoms with Crippen molar-refractivity contribution in [2.24, 2.45) is 0 Å². The second-order valence-corrected chi connectivity index (χ2v) is 6.40. The molecule has 2 atom stereocenters. The van der Waals surface area contributed by atoms with Gasteiger partial charge in [-0.2, -0.15) is 0 Å². The van der Waals surface area contributed by atoms with Crippen LogP contribution in [0.15, 0.2) is 24.3 Å². The van der Waals surface area contributed by atoms with E-state index in [1.54, 1.807) is 12.1 Å². The number of benzene rings is 1. The molecule has 0 aliphatic carbocycles. The van der Waals surface area contributed by atoms with E-state index in [1.807, 2.05) is 19.1 Å². The van der Waals surface area contributed by atoms with Crippen molar-refractivity contribution in [3.8, 4) is 0 Å². The van der Waals surface area contributed by atoms with Crippen LogP contribution in [0.2, 0.25) is 5.02 Å². The van der Waals surface area contributed by atoms with Crippen molar-refractivity contribution in [1.29, 1.82) is 0 Å². The minimum Gasteiger partial charge on any atom is -0.305 e. The van der Waals surface area contributed by atoms with Crippen LogP contribution in [0.25, 0.3) is 0 Å². The topological polar surface area (TPSA) is 23.6 Å². The third-order valence-corrected chi connectivity index (χ3v) is 4.68. The van der Waals surface area contributed by atoms with E-state index >= 15 is 0 Å². The van der Waals surface area contributed by atoms with Gasteiger partial charge in [-0.25, -0.2) is 0 Å². The van der Waals surface area contributed by atoms with E-state index < -0.39 is 0 Å². The fourth-order valence-electron chi connectivity index (χ4n) is 3.14. The lowest BCUT2D eigenvalue weighted by Gasteiger charge is -2.34. The summed E-state index contributed by atoms with van der Waals surface area (Å²) in [5.74, 6) is 0.190. The average molecular weight is 309 g/mol. The Kier molecular flexibility index (Phi) is 5.80. The Morgan fingerprint density at radius 3 is 2.62 bits per heavy atom. The standard InChI is InChI=1S/C17H25ClN2O/c1-4-16-12-19(3)10-5-11-20(16)13(2)17(21)14-6-8-15(18)9-7-14/h6-9,13,16H,4-5,10-12H2,1-3H3. The first-order valence-electron chi connectivity index (χ1n) is 7.77. The number of Topliss-reactive ketones (excluding diaryl/α,β-unsaturated/α-hetero) is 1. The zero-order valence-corrected chi connectivity index (χ0v) is 13.9. The normalized spacial score (nSPS) is 22.8. The molecule has 0 spiro atoms. The Morgan fingerprint density at radius 2 is 2.00 bits per heavy atom. The van der Waals surface area contributed by atoms with Gasteiger partial charge in [0, 0.05) is 29.7 Å². The summed E-state index contributed by atoms with van der Waals surface area (Å²) in [7, 11) is 2.16. The van der Waals surface area contributed by atoms with Gasteiger partial charge < -0.3 is 4.90 Å². The van der Waals surface area contributed by atoms with E-state index in [0.29, 0.717) is 11.1 Å². The number of carbonyl (C=O) groups excluding carboxylic acids is 1. The van der Waals surface area contributed by atoms with Gasteiger partial charge in [0.15, 0.2) is 5.78 Å². The van der Waals surface area contributed by atoms with E-state index in [4.69, 9.17) is 11.6 Å². The lowest BCUT2D eigenvalue weighted by atomic mass is 10.0. The number of rotatable bonds is 4. The van der Waals surface area contributed by atoms with Crippen LogP contribution in [-0.2, 0) is 0 Å². The summed E-state index contributed by atoms with van der Waals surface area (Å²) in [4.78, 5) is 17.5. The minimum atomic E-state index is -0.0809. The van der Waals surface area contributed by atoms with E-state index in [0.717, 1.165) is 38.0 Å².